The van der Waals surface area contributed by atoms with Crippen LogP contribution in [0.2, 0.25) is 0 Å². The van der Waals surface area contributed by atoms with E-state index in [0.717, 1.165) is 6.42 Å². The average Bonchev–Trinajstić information content (AvgIpc) is 1.62. The molecule has 2 nitrogen and oxygen atoms in total. The number of hydrogen-bond donors (Lipinski definition) is 2. The number of rotatable bonds is 2. The van der Waals surface area contributed by atoms with Crippen molar-refractivity contribution in [1.29, 1.82) is 0 Å². The Morgan fingerprint density at radius 1 is 1.50 bits per heavy atom. The summed E-state index contributed by atoms with van der Waals surface area (Å²) in [6, 6.07) is 0.127. The van der Waals surface area contributed by atoms with Gasteiger partial charge in [0.05, 0.1) is 0 Å². The van der Waals surface area contributed by atoms with E-state index in [9.17, 15) is 0 Å². The van der Waals surface area contributed by atoms with Crippen molar-refractivity contribution in [2.45, 2.75) is 38.8 Å². The second-order valence-corrected chi connectivity index (χ2v) is 2.84. The first kappa shape index (κ1) is 7.92. The Hall–Kier alpha value is -0.0800. The van der Waals surface area contributed by atoms with Gasteiger partial charge in [0.15, 0.2) is 0 Å². The monoisotopic (exact) mass is 116 g/mol. The van der Waals surface area contributed by atoms with Crippen LogP contribution in [0.5, 0.6) is 0 Å². The molecule has 0 heterocycles. The van der Waals surface area contributed by atoms with Gasteiger partial charge in [-0.05, 0) is 20.3 Å². The Morgan fingerprint density at radius 3 is 1.88 bits per heavy atom. The first-order valence-electron chi connectivity index (χ1n) is 3.03. The summed E-state index contributed by atoms with van der Waals surface area (Å²) in [7, 11) is 0. The Morgan fingerprint density at radius 2 is 1.88 bits per heavy atom. The fourth-order valence-corrected chi connectivity index (χ4v) is 0.526. The van der Waals surface area contributed by atoms with Crippen molar-refractivity contribution < 1.29 is 0 Å². The maximum atomic E-state index is 5.66. The first-order valence-corrected chi connectivity index (χ1v) is 3.03. The molecule has 0 bridgehead atoms. The smallest absolute Gasteiger partial charge is 0.0250 e. The lowest BCUT2D eigenvalue weighted by Crippen LogP contribution is -2.49. The molecule has 50 valence electrons. The molecule has 0 radical (unpaired) electrons. The summed E-state index contributed by atoms with van der Waals surface area (Å²) in [6.07, 6.45) is 0.948. The topological polar surface area (TPSA) is 52.0 Å². The summed E-state index contributed by atoms with van der Waals surface area (Å²) >= 11 is 0. The van der Waals surface area contributed by atoms with E-state index in [-0.39, 0.29) is 11.6 Å². The molecular weight excluding hydrogens is 100 g/mol. The van der Waals surface area contributed by atoms with Crippen LogP contribution in [0.25, 0.3) is 0 Å². The lowest BCUT2D eigenvalue weighted by atomic mass is 9.95. The number of hydrogen-bond acceptors (Lipinski definition) is 2. The third kappa shape index (κ3) is 2.28. The fourth-order valence-electron chi connectivity index (χ4n) is 0.526. The van der Waals surface area contributed by atoms with Crippen molar-refractivity contribution in [1.82, 2.24) is 0 Å². The van der Waals surface area contributed by atoms with Crippen LogP contribution in [0.15, 0.2) is 0 Å². The highest BCUT2D eigenvalue weighted by Gasteiger charge is 2.18. The molecule has 0 aliphatic rings. The quantitative estimate of drug-likeness (QED) is 0.550. The summed E-state index contributed by atoms with van der Waals surface area (Å²) < 4.78 is 0. The molecule has 0 unspecified atom stereocenters. The summed E-state index contributed by atoms with van der Waals surface area (Å²) in [5, 5.41) is 0. The van der Waals surface area contributed by atoms with Crippen molar-refractivity contribution in [3.05, 3.63) is 0 Å². The van der Waals surface area contributed by atoms with Crippen LogP contribution in [0, 0.1) is 0 Å². The zero-order valence-corrected chi connectivity index (χ0v) is 5.94. The van der Waals surface area contributed by atoms with E-state index in [1.165, 1.54) is 0 Å². The Bertz CT molecular complexity index is 63.4. The molecule has 1 atom stereocenters. The van der Waals surface area contributed by atoms with Gasteiger partial charge in [0.2, 0.25) is 0 Å². The van der Waals surface area contributed by atoms with E-state index < -0.39 is 0 Å². The molecule has 0 rings (SSSR count). The molecular formula is C6H16N2. The highest BCUT2D eigenvalue weighted by Crippen LogP contribution is 2.04. The summed E-state index contributed by atoms with van der Waals surface area (Å²) in [6.45, 7) is 5.93. The third-order valence-corrected chi connectivity index (χ3v) is 1.40. The van der Waals surface area contributed by atoms with Crippen LogP contribution in [-0.4, -0.2) is 11.6 Å². The minimum absolute atomic E-state index is 0.127. The largest absolute Gasteiger partial charge is 0.326 e. The average molecular weight is 116 g/mol. The molecule has 0 spiro atoms. The van der Waals surface area contributed by atoms with Gasteiger partial charge in [0, 0.05) is 11.6 Å². The molecule has 0 aromatic carbocycles. The van der Waals surface area contributed by atoms with E-state index in [4.69, 9.17) is 11.5 Å². The summed E-state index contributed by atoms with van der Waals surface area (Å²) in [4.78, 5) is 0. The van der Waals surface area contributed by atoms with Crippen LogP contribution >= 0.6 is 0 Å². The van der Waals surface area contributed by atoms with Crippen LogP contribution < -0.4 is 11.5 Å². The highest BCUT2D eigenvalue weighted by molar-refractivity contribution is 4.83. The molecule has 0 fully saturated rings. The van der Waals surface area contributed by atoms with Crippen LogP contribution in [0.1, 0.15) is 27.2 Å². The molecule has 0 aromatic rings. The fraction of sp³-hybridized carbons (Fsp3) is 1.00. The Kier molecular flexibility index (Phi) is 2.44. The predicted molar refractivity (Wildman–Crippen MR) is 36.5 cm³/mol. The molecule has 0 aliphatic heterocycles. The Balaban J connectivity index is 3.62. The van der Waals surface area contributed by atoms with Crippen molar-refractivity contribution >= 4 is 0 Å². The molecule has 4 N–H and O–H groups in total. The van der Waals surface area contributed by atoms with E-state index in [1.807, 2.05) is 20.8 Å². The van der Waals surface area contributed by atoms with E-state index in [0.29, 0.717) is 0 Å². The lowest BCUT2D eigenvalue weighted by molar-refractivity contribution is 0.400. The summed E-state index contributed by atoms with van der Waals surface area (Å²) in [5.41, 5.74) is 11.1. The van der Waals surface area contributed by atoms with E-state index in [1.54, 1.807) is 0 Å². The van der Waals surface area contributed by atoms with Crippen molar-refractivity contribution in [2.24, 2.45) is 11.5 Å². The molecule has 0 aromatic heterocycles. The van der Waals surface area contributed by atoms with Gasteiger partial charge in [-0.3, -0.25) is 0 Å². The second kappa shape index (κ2) is 2.46. The second-order valence-electron chi connectivity index (χ2n) is 2.84. The van der Waals surface area contributed by atoms with Gasteiger partial charge in [-0.15, -0.1) is 0 Å². The van der Waals surface area contributed by atoms with Gasteiger partial charge in [-0.1, -0.05) is 6.92 Å². The van der Waals surface area contributed by atoms with Crippen molar-refractivity contribution in [3.63, 3.8) is 0 Å². The highest BCUT2D eigenvalue weighted by atomic mass is 14.8. The number of nitrogens with two attached hydrogens (primary N) is 2. The zero-order valence-electron chi connectivity index (χ0n) is 5.94. The molecule has 0 saturated carbocycles. The van der Waals surface area contributed by atoms with Gasteiger partial charge in [-0.2, -0.15) is 0 Å². The maximum absolute atomic E-state index is 5.66. The van der Waals surface area contributed by atoms with Gasteiger partial charge >= 0.3 is 0 Å². The van der Waals surface area contributed by atoms with Gasteiger partial charge < -0.3 is 11.5 Å². The SMILES string of the molecule is CC[C@@H](N)C(C)(C)N. The minimum atomic E-state index is -0.214. The van der Waals surface area contributed by atoms with Gasteiger partial charge in [0.1, 0.15) is 0 Å². The van der Waals surface area contributed by atoms with E-state index in [2.05, 4.69) is 0 Å². The lowest BCUT2D eigenvalue weighted by Gasteiger charge is -2.25. The zero-order chi connectivity index (χ0) is 6.78. The van der Waals surface area contributed by atoms with Crippen LogP contribution in [0.3, 0.4) is 0 Å². The standard InChI is InChI=1S/C6H16N2/c1-4-5(7)6(2,3)8/h5H,4,7-8H2,1-3H3/t5-/m1/s1. The van der Waals surface area contributed by atoms with Crippen LogP contribution in [-0.2, 0) is 0 Å². The summed E-state index contributed by atoms with van der Waals surface area (Å²) in [5.74, 6) is 0. The Labute approximate surface area is 51.2 Å². The first-order chi connectivity index (χ1) is 3.48. The van der Waals surface area contributed by atoms with Gasteiger partial charge in [0.25, 0.3) is 0 Å². The van der Waals surface area contributed by atoms with Gasteiger partial charge in [-0.25, -0.2) is 0 Å². The third-order valence-electron chi connectivity index (χ3n) is 1.40. The minimum Gasteiger partial charge on any atom is -0.326 e. The van der Waals surface area contributed by atoms with Crippen molar-refractivity contribution in [2.75, 3.05) is 0 Å². The van der Waals surface area contributed by atoms with Crippen molar-refractivity contribution in [3.8, 4) is 0 Å². The van der Waals surface area contributed by atoms with E-state index >= 15 is 0 Å². The molecule has 8 heavy (non-hydrogen) atoms. The molecule has 0 saturated heterocycles. The molecule has 0 amide bonds. The maximum Gasteiger partial charge on any atom is 0.0250 e. The predicted octanol–water partition coefficient (Wildman–Crippen LogP) is 0.461. The normalized spacial score (nSPS) is 16.1. The van der Waals surface area contributed by atoms with Crippen LogP contribution in [0.4, 0.5) is 0 Å². The molecule has 2 heteroatoms. The molecule has 0 aliphatic carbocycles.